The Balaban J connectivity index is 1.28. The zero-order valence-electron chi connectivity index (χ0n) is 21.0. The molecular weight excluding hydrogens is 556 g/mol. The first-order valence-corrected chi connectivity index (χ1v) is 15.1. The van der Waals surface area contributed by atoms with Gasteiger partial charge in [0.05, 0.1) is 23.4 Å². The highest BCUT2D eigenvalue weighted by Crippen LogP contribution is 2.35. The van der Waals surface area contributed by atoms with Crippen LogP contribution < -0.4 is 10.1 Å². The van der Waals surface area contributed by atoms with Gasteiger partial charge in [-0.1, -0.05) is 23.7 Å². The molecule has 6 rings (SSSR count). The number of imidazole rings is 1. The van der Waals surface area contributed by atoms with Crippen molar-refractivity contribution in [1.82, 2.24) is 23.7 Å². The molecule has 0 aliphatic carbocycles. The predicted molar refractivity (Wildman–Crippen MR) is 153 cm³/mol. The summed E-state index contributed by atoms with van der Waals surface area (Å²) in [5.74, 6) is 1.18. The van der Waals surface area contributed by atoms with E-state index in [2.05, 4.69) is 10.3 Å². The maximum Gasteiger partial charge on any atom is 0.243 e. The number of ether oxygens (including phenoxy) is 1. The number of hydrogen-bond acceptors (Lipinski definition) is 8. The van der Waals surface area contributed by atoms with Gasteiger partial charge >= 0.3 is 0 Å². The average molecular weight is 581 g/mol. The van der Waals surface area contributed by atoms with Gasteiger partial charge in [0.2, 0.25) is 16.0 Å². The fraction of sp³-hybridized carbons (Fsp3) is 0.222. The minimum Gasteiger partial charge on any atom is -0.497 e. The molecule has 200 valence electrons. The molecule has 2 aromatic carbocycles. The zero-order chi connectivity index (χ0) is 27.0. The van der Waals surface area contributed by atoms with Crippen molar-refractivity contribution in [2.75, 3.05) is 25.5 Å². The van der Waals surface area contributed by atoms with Crippen LogP contribution in [-0.4, -0.2) is 58.3 Å². The van der Waals surface area contributed by atoms with Crippen molar-refractivity contribution in [2.24, 2.45) is 0 Å². The van der Waals surface area contributed by atoms with E-state index in [1.165, 1.54) is 16.4 Å². The normalized spacial score (nSPS) is 16.4. The van der Waals surface area contributed by atoms with Crippen LogP contribution in [0.3, 0.4) is 0 Å². The van der Waals surface area contributed by atoms with E-state index in [9.17, 15) is 8.42 Å². The monoisotopic (exact) mass is 580 g/mol. The molecular formula is C27H25ClN6O3S2. The number of anilines is 1. The SMILES string of the molecule is COc1cccc(-c2nc3sccn3c2-c2ccnc(N[C@@H]3CCCN(S(=O)(=O)c4ccc(Cl)cc4)C3)n2)c1. The lowest BCUT2D eigenvalue weighted by Gasteiger charge is -2.32. The van der Waals surface area contributed by atoms with E-state index in [0.717, 1.165) is 40.5 Å². The third-order valence-corrected chi connectivity index (χ3v) is 9.56. The first-order chi connectivity index (χ1) is 18.9. The number of hydrogen-bond donors (Lipinski definition) is 1. The lowest BCUT2D eigenvalue weighted by Crippen LogP contribution is -2.45. The lowest BCUT2D eigenvalue weighted by molar-refractivity contribution is 0.326. The summed E-state index contributed by atoms with van der Waals surface area (Å²) < 4.78 is 35.4. The van der Waals surface area contributed by atoms with Crippen LogP contribution in [0.25, 0.3) is 27.6 Å². The quantitative estimate of drug-likeness (QED) is 0.273. The fourth-order valence-corrected chi connectivity index (χ4v) is 7.14. The molecule has 3 aromatic heterocycles. The molecule has 9 nitrogen and oxygen atoms in total. The average Bonchev–Trinajstić information content (AvgIpc) is 3.55. The Morgan fingerprint density at radius 1 is 1.13 bits per heavy atom. The third-order valence-electron chi connectivity index (χ3n) is 6.67. The molecule has 1 atom stereocenters. The summed E-state index contributed by atoms with van der Waals surface area (Å²) in [6, 6.07) is 15.8. The molecule has 39 heavy (non-hydrogen) atoms. The van der Waals surface area contributed by atoms with Crippen LogP contribution in [0.4, 0.5) is 5.95 Å². The second-order valence-corrected chi connectivity index (χ2v) is 12.4. The van der Waals surface area contributed by atoms with Gasteiger partial charge in [-0.15, -0.1) is 11.3 Å². The van der Waals surface area contributed by atoms with E-state index in [1.807, 2.05) is 46.3 Å². The number of piperidine rings is 1. The Hall–Kier alpha value is -3.51. The van der Waals surface area contributed by atoms with Crippen molar-refractivity contribution >= 4 is 43.9 Å². The van der Waals surface area contributed by atoms with E-state index in [1.54, 1.807) is 36.8 Å². The topological polar surface area (TPSA) is 102 Å². The minimum atomic E-state index is -3.63. The summed E-state index contributed by atoms with van der Waals surface area (Å²) in [4.78, 5) is 15.2. The first kappa shape index (κ1) is 25.8. The van der Waals surface area contributed by atoms with Gasteiger partial charge in [0.25, 0.3) is 0 Å². The molecule has 4 heterocycles. The Morgan fingerprint density at radius 3 is 2.79 bits per heavy atom. The van der Waals surface area contributed by atoms with Gasteiger partial charge in [-0.2, -0.15) is 4.31 Å². The summed E-state index contributed by atoms with van der Waals surface area (Å²) >= 11 is 7.50. The van der Waals surface area contributed by atoms with Crippen LogP contribution in [0, 0.1) is 0 Å². The van der Waals surface area contributed by atoms with Crippen LogP contribution in [0.1, 0.15) is 12.8 Å². The molecule has 1 saturated heterocycles. The van der Waals surface area contributed by atoms with E-state index in [4.69, 9.17) is 26.3 Å². The number of halogens is 1. The van der Waals surface area contributed by atoms with Crippen LogP contribution in [-0.2, 0) is 10.0 Å². The third kappa shape index (κ3) is 5.10. The summed E-state index contributed by atoms with van der Waals surface area (Å²) in [5, 5.41) is 5.85. The summed E-state index contributed by atoms with van der Waals surface area (Å²) in [7, 11) is -1.99. The summed E-state index contributed by atoms with van der Waals surface area (Å²) in [6.45, 7) is 0.773. The Bertz CT molecular complexity index is 1740. The van der Waals surface area contributed by atoms with Gasteiger partial charge in [-0.05, 0) is 55.3 Å². The molecule has 5 aromatic rings. The summed E-state index contributed by atoms with van der Waals surface area (Å²) in [6.07, 6.45) is 5.21. The zero-order valence-corrected chi connectivity index (χ0v) is 23.4. The fourth-order valence-electron chi connectivity index (χ4n) is 4.78. The molecule has 0 unspecified atom stereocenters. The largest absolute Gasteiger partial charge is 0.497 e. The van der Waals surface area contributed by atoms with Gasteiger partial charge < -0.3 is 10.1 Å². The molecule has 1 fully saturated rings. The van der Waals surface area contributed by atoms with Crippen LogP contribution in [0.15, 0.2) is 77.3 Å². The van der Waals surface area contributed by atoms with E-state index in [0.29, 0.717) is 29.8 Å². The van der Waals surface area contributed by atoms with E-state index in [-0.39, 0.29) is 10.9 Å². The van der Waals surface area contributed by atoms with Crippen LogP contribution in [0.5, 0.6) is 5.75 Å². The molecule has 1 aliphatic heterocycles. The number of thiazole rings is 1. The molecule has 1 N–H and O–H groups in total. The number of fused-ring (bicyclic) bond motifs is 1. The smallest absolute Gasteiger partial charge is 0.243 e. The van der Waals surface area contributed by atoms with Crippen molar-refractivity contribution in [3.8, 4) is 28.4 Å². The first-order valence-electron chi connectivity index (χ1n) is 12.4. The molecule has 1 aliphatic rings. The molecule has 0 bridgehead atoms. The Morgan fingerprint density at radius 2 is 1.97 bits per heavy atom. The molecule has 0 saturated carbocycles. The van der Waals surface area contributed by atoms with Crippen molar-refractivity contribution in [3.63, 3.8) is 0 Å². The standard InChI is InChI=1S/C27H25ClN6O3S2/c1-37-21-6-2-4-18(16-21)24-25(34-14-15-38-27(34)32-24)23-11-12-29-26(31-23)30-20-5-3-13-33(17-20)39(35,36)22-9-7-19(28)8-10-22/h2,4,6-12,14-16,20H,3,5,13,17H2,1H3,(H,29,30,31)/t20-/m1/s1. The van der Waals surface area contributed by atoms with Gasteiger partial charge in [0, 0.05) is 47.5 Å². The predicted octanol–water partition coefficient (Wildman–Crippen LogP) is 5.45. The lowest BCUT2D eigenvalue weighted by atomic mass is 10.1. The van der Waals surface area contributed by atoms with Crippen molar-refractivity contribution in [1.29, 1.82) is 0 Å². The highest BCUT2D eigenvalue weighted by Gasteiger charge is 2.30. The molecule has 12 heteroatoms. The van der Waals surface area contributed by atoms with Crippen molar-refractivity contribution < 1.29 is 13.2 Å². The maximum atomic E-state index is 13.2. The summed E-state index contributed by atoms with van der Waals surface area (Å²) in [5.41, 5.74) is 3.27. The highest BCUT2D eigenvalue weighted by molar-refractivity contribution is 7.89. The number of nitrogens with zero attached hydrogens (tertiary/aromatic N) is 5. The van der Waals surface area contributed by atoms with Gasteiger partial charge in [-0.25, -0.2) is 23.4 Å². The number of rotatable bonds is 7. The van der Waals surface area contributed by atoms with Crippen LogP contribution >= 0.6 is 22.9 Å². The number of aromatic nitrogens is 4. The molecule has 0 spiro atoms. The van der Waals surface area contributed by atoms with Crippen LogP contribution in [0.2, 0.25) is 5.02 Å². The van der Waals surface area contributed by atoms with Crippen molar-refractivity contribution in [3.05, 3.63) is 77.4 Å². The Kier molecular flexibility index (Phi) is 6.98. The highest BCUT2D eigenvalue weighted by atomic mass is 35.5. The Labute approximate surface area is 235 Å². The molecule has 0 radical (unpaired) electrons. The second kappa shape index (κ2) is 10.6. The van der Waals surface area contributed by atoms with Gasteiger partial charge in [-0.3, -0.25) is 4.40 Å². The van der Waals surface area contributed by atoms with Gasteiger partial charge in [0.1, 0.15) is 11.4 Å². The van der Waals surface area contributed by atoms with Gasteiger partial charge in [0.15, 0.2) is 4.96 Å². The number of nitrogens with one attached hydrogen (secondary N) is 1. The molecule has 0 amide bonds. The van der Waals surface area contributed by atoms with E-state index < -0.39 is 10.0 Å². The van der Waals surface area contributed by atoms with Crippen molar-refractivity contribution in [2.45, 2.75) is 23.8 Å². The maximum absolute atomic E-state index is 13.2. The van der Waals surface area contributed by atoms with E-state index >= 15 is 0 Å². The number of sulfonamides is 1. The number of methoxy groups -OCH3 is 1. The minimum absolute atomic E-state index is 0.138. The second-order valence-electron chi connectivity index (χ2n) is 9.16. The number of benzene rings is 2.